The lowest BCUT2D eigenvalue weighted by molar-refractivity contribution is 0.423. The van der Waals surface area contributed by atoms with Crippen LogP contribution in [0, 0.1) is 6.92 Å². The van der Waals surface area contributed by atoms with E-state index >= 15 is 0 Å². The lowest BCUT2D eigenvalue weighted by Gasteiger charge is -2.06. The van der Waals surface area contributed by atoms with Crippen LogP contribution in [-0.4, -0.2) is 30.6 Å². The summed E-state index contributed by atoms with van der Waals surface area (Å²) in [5, 5.41) is 18.2. The van der Waals surface area contributed by atoms with Crippen LogP contribution in [0.2, 0.25) is 0 Å². The van der Waals surface area contributed by atoms with Gasteiger partial charge in [-0.05, 0) is 25.1 Å². The molecule has 1 heterocycles. The second kappa shape index (κ2) is 4.60. The van der Waals surface area contributed by atoms with Crippen molar-refractivity contribution in [1.29, 1.82) is 0 Å². The highest BCUT2D eigenvalue weighted by Crippen LogP contribution is 2.19. The van der Waals surface area contributed by atoms with E-state index in [2.05, 4.69) is 4.98 Å². The summed E-state index contributed by atoms with van der Waals surface area (Å²) in [4.78, 5) is 2.51. The van der Waals surface area contributed by atoms with Crippen molar-refractivity contribution >= 4 is 22.5 Å². The average Bonchev–Trinajstić information content (AvgIpc) is 2.79. The molecule has 1 aromatic heterocycles. The van der Waals surface area contributed by atoms with Gasteiger partial charge in [0, 0.05) is 6.20 Å². The van der Waals surface area contributed by atoms with E-state index < -0.39 is 17.0 Å². The van der Waals surface area contributed by atoms with E-state index in [-0.39, 0.29) is 15.4 Å². The van der Waals surface area contributed by atoms with Crippen molar-refractivity contribution in [1.82, 2.24) is 4.98 Å². The molecule has 18 heavy (non-hydrogen) atoms. The van der Waals surface area contributed by atoms with Gasteiger partial charge < -0.3 is 15.0 Å². The summed E-state index contributed by atoms with van der Waals surface area (Å²) < 4.78 is 24.6. The molecule has 0 bridgehead atoms. The highest BCUT2D eigenvalue weighted by molar-refractivity contribution is 7.91. The average molecular weight is 265 g/mol. The van der Waals surface area contributed by atoms with Crippen molar-refractivity contribution in [2.45, 2.75) is 16.7 Å². The third-order valence-electron chi connectivity index (χ3n) is 2.62. The minimum absolute atomic E-state index is 0.120. The summed E-state index contributed by atoms with van der Waals surface area (Å²) in [6.45, 7) is 1.86. The summed E-state index contributed by atoms with van der Waals surface area (Å²) in [5.74, 6) is 0. The highest BCUT2D eigenvalue weighted by atomic mass is 32.2. The molecule has 0 saturated heterocycles. The van der Waals surface area contributed by atoms with Gasteiger partial charge in [-0.3, -0.25) is 0 Å². The molecule has 7 heteroatoms. The molecule has 3 N–H and O–H groups in total. The maximum Gasteiger partial charge on any atom is 0.507 e. The van der Waals surface area contributed by atoms with E-state index in [9.17, 15) is 8.42 Å². The molecule has 94 valence electrons. The third-order valence-corrected chi connectivity index (χ3v) is 4.45. The van der Waals surface area contributed by atoms with Crippen LogP contribution in [0.25, 0.3) is 0 Å². The van der Waals surface area contributed by atoms with Crippen LogP contribution < -0.4 is 5.59 Å². The molecular formula is C11H12BNO4S. The van der Waals surface area contributed by atoms with Gasteiger partial charge in [-0.2, -0.15) is 0 Å². The Morgan fingerprint density at radius 2 is 1.72 bits per heavy atom. The van der Waals surface area contributed by atoms with E-state index in [0.717, 1.165) is 5.56 Å². The quantitative estimate of drug-likeness (QED) is 0.672. The maximum atomic E-state index is 12.3. The lowest BCUT2D eigenvalue weighted by atomic mass is 9.87. The number of sulfone groups is 1. The van der Waals surface area contributed by atoms with E-state index in [1.807, 2.05) is 6.92 Å². The largest absolute Gasteiger partial charge is 0.507 e. The van der Waals surface area contributed by atoms with Gasteiger partial charge in [0.2, 0.25) is 9.84 Å². The topological polar surface area (TPSA) is 90.4 Å². The Hall–Kier alpha value is -1.57. The monoisotopic (exact) mass is 265 g/mol. The van der Waals surface area contributed by atoms with Gasteiger partial charge in [-0.1, -0.05) is 17.7 Å². The molecule has 0 saturated carbocycles. The van der Waals surface area contributed by atoms with E-state index in [1.165, 1.54) is 24.4 Å². The lowest BCUT2D eigenvalue weighted by Crippen LogP contribution is -2.34. The molecular weight excluding hydrogens is 253 g/mol. The van der Waals surface area contributed by atoms with Crippen LogP contribution in [-0.2, 0) is 9.84 Å². The van der Waals surface area contributed by atoms with E-state index in [0.29, 0.717) is 0 Å². The predicted molar refractivity (Wildman–Crippen MR) is 67.2 cm³/mol. The number of benzene rings is 1. The number of nitrogens with one attached hydrogen (secondary N) is 1. The summed E-state index contributed by atoms with van der Waals surface area (Å²) in [5.41, 5.74) is 0.820. The van der Waals surface area contributed by atoms with Crippen LogP contribution in [0.3, 0.4) is 0 Å². The van der Waals surface area contributed by atoms with Crippen molar-refractivity contribution in [2.75, 3.05) is 0 Å². The zero-order valence-electron chi connectivity index (χ0n) is 9.66. The Kier molecular flexibility index (Phi) is 3.29. The van der Waals surface area contributed by atoms with Crippen LogP contribution in [0.4, 0.5) is 0 Å². The second-order valence-corrected chi connectivity index (χ2v) is 5.86. The zero-order chi connectivity index (χ0) is 13.3. The molecule has 0 amide bonds. The number of hydrogen-bond donors (Lipinski definition) is 3. The molecule has 0 radical (unpaired) electrons. The van der Waals surface area contributed by atoms with Crippen molar-refractivity contribution in [3.8, 4) is 0 Å². The normalized spacial score (nSPS) is 11.5. The molecule has 5 nitrogen and oxygen atoms in total. The Morgan fingerprint density at radius 3 is 2.28 bits per heavy atom. The molecule has 2 aromatic rings. The van der Waals surface area contributed by atoms with Crippen LogP contribution in [0.15, 0.2) is 46.3 Å². The van der Waals surface area contributed by atoms with Crippen molar-refractivity contribution in [3.63, 3.8) is 0 Å². The standard InChI is InChI=1S/C11H12BNO4S/c1-8-2-4-9(5-3-8)18(16,17)10-6-7-13-11(10)12(14)15/h2-7,13-15H,1H3. The summed E-state index contributed by atoms with van der Waals surface area (Å²) in [7, 11) is -5.59. The third kappa shape index (κ3) is 2.20. The molecule has 0 unspecified atom stereocenters. The number of rotatable bonds is 3. The smallest absolute Gasteiger partial charge is 0.422 e. The van der Waals surface area contributed by atoms with Crippen LogP contribution in [0.5, 0.6) is 0 Å². The summed E-state index contributed by atoms with van der Waals surface area (Å²) >= 11 is 0. The molecule has 0 fully saturated rings. The van der Waals surface area contributed by atoms with Gasteiger partial charge in [-0.25, -0.2) is 8.42 Å². The number of aryl methyl sites for hydroxylation is 1. The fraction of sp³-hybridized carbons (Fsp3) is 0.0909. The van der Waals surface area contributed by atoms with Crippen LogP contribution >= 0.6 is 0 Å². The molecule has 0 aliphatic heterocycles. The van der Waals surface area contributed by atoms with E-state index in [1.54, 1.807) is 12.1 Å². The maximum absolute atomic E-state index is 12.3. The van der Waals surface area contributed by atoms with E-state index in [4.69, 9.17) is 10.0 Å². The number of aromatic nitrogens is 1. The first-order valence-electron chi connectivity index (χ1n) is 5.28. The van der Waals surface area contributed by atoms with Gasteiger partial charge in [0.05, 0.1) is 15.4 Å². The van der Waals surface area contributed by atoms with Crippen molar-refractivity contribution < 1.29 is 18.5 Å². The van der Waals surface area contributed by atoms with Crippen LogP contribution in [0.1, 0.15) is 5.56 Å². The van der Waals surface area contributed by atoms with Gasteiger partial charge in [0.15, 0.2) is 0 Å². The number of H-pyrrole nitrogens is 1. The number of hydrogen-bond acceptors (Lipinski definition) is 4. The summed E-state index contributed by atoms with van der Waals surface area (Å²) in [6, 6.07) is 7.67. The minimum atomic E-state index is -3.74. The first-order chi connectivity index (χ1) is 8.43. The molecule has 0 spiro atoms. The first-order valence-corrected chi connectivity index (χ1v) is 6.76. The van der Waals surface area contributed by atoms with Crippen molar-refractivity contribution in [2.24, 2.45) is 0 Å². The number of aromatic amines is 1. The first kappa shape index (κ1) is 12.9. The fourth-order valence-electron chi connectivity index (χ4n) is 1.65. The highest BCUT2D eigenvalue weighted by Gasteiger charge is 2.27. The molecule has 0 aliphatic carbocycles. The van der Waals surface area contributed by atoms with Gasteiger partial charge >= 0.3 is 7.12 Å². The Balaban J connectivity index is 2.55. The Morgan fingerprint density at radius 1 is 1.11 bits per heavy atom. The SMILES string of the molecule is Cc1ccc(S(=O)(=O)c2cc[nH]c2B(O)O)cc1. The minimum Gasteiger partial charge on any atom is -0.422 e. The summed E-state index contributed by atoms with van der Waals surface area (Å²) in [6.07, 6.45) is 1.36. The Bertz CT molecular complexity index is 646. The van der Waals surface area contributed by atoms with Gasteiger partial charge in [-0.15, -0.1) is 0 Å². The molecule has 0 atom stereocenters. The predicted octanol–water partition coefficient (Wildman–Crippen LogP) is -0.164. The molecule has 1 aromatic carbocycles. The Labute approximate surface area is 105 Å². The second-order valence-electron chi connectivity index (χ2n) is 3.95. The van der Waals surface area contributed by atoms with Crippen molar-refractivity contribution in [3.05, 3.63) is 42.1 Å². The van der Waals surface area contributed by atoms with Gasteiger partial charge in [0.1, 0.15) is 0 Å². The van der Waals surface area contributed by atoms with Gasteiger partial charge in [0.25, 0.3) is 0 Å². The molecule has 2 rings (SSSR count). The zero-order valence-corrected chi connectivity index (χ0v) is 10.5. The molecule has 0 aliphatic rings. The fourth-order valence-corrected chi connectivity index (χ4v) is 3.10.